The van der Waals surface area contributed by atoms with E-state index in [4.69, 9.17) is 0 Å². The molecule has 0 fully saturated rings. The van der Waals surface area contributed by atoms with Crippen molar-refractivity contribution in [2.75, 3.05) is 0 Å². The maximum atomic E-state index is 3.56. The third-order valence-corrected chi connectivity index (χ3v) is 6.25. The van der Waals surface area contributed by atoms with E-state index in [1.165, 1.54) is 38.5 Å². The maximum Gasteiger partial charge on any atom is 0.0711 e. The molecule has 4 rings (SSSR count). The maximum absolute atomic E-state index is 3.56. The second-order valence-corrected chi connectivity index (χ2v) is 9.15. The molecule has 4 heteroatoms. The lowest BCUT2D eigenvalue weighted by molar-refractivity contribution is 1.93. The Morgan fingerprint density at radius 1 is 0.556 bits per heavy atom. The first-order valence-corrected chi connectivity index (χ1v) is 8.63. The van der Waals surface area contributed by atoms with E-state index in [-0.39, 0.29) is 0 Å². The van der Waals surface area contributed by atoms with Crippen LogP contribution in [0.15, 0.2) is 44.0 Å². The van der Waals surface area contributed by atoms with Gasteiger partial charge in [0.25, 0.3) is 0 Å². The highest BCUT2D eigenvalue weighted by molar-refractivity contribution is 9.11. The minimum Gasteiger partial charge on any atom is -0.128 e. The minimum atomic E-state index is 1.19. The monoisotopic (exact) mass is 396 g/mol. The van der Waals surface area contributed by atoms with Crippen LogP contribution in [0.5, 0.6) is 0 Å². The van der Waals surface area contributed by atoms with E-state index in [0.29, 0.717) is 0 Å². The molecule has 2 heterocycles. The molecule has 0 atom stereocenters. The van der Waals surface area contributed by atoms with Gasteiger partial charge in [-0.15, -0.1) is 22.7 Å². The van der Waals surface area contributed by atoms with Crippen molar-refractivity contribution in [3.63, 3.8) is 0 Å². The largest absolute Gasteiger partial charge is 0.128 e. The number of halogens is 2. The van der Waals surface area contributed by atoms with Gasteiger partial charge in [0, 0.05) is 9.40 Å². The van der Waals surface area contributed by atoms with Crippen LogP contribution in [-0.2, 0) is 0 Å². The number of hydrogen-bond donors (Lipinski definition) is 0. The van der Waals surface area contributed by atoms with E-state index in [1.807, 2.05) is 0 Å². The van der Waals surface area contributed by atoms with Gasteiger partial charge in [-0.3, -0.25) is 0 Å². The Morgan fingerprint density at radius 2 is 1.00 bits per heavy atom. The summed E-state index contributed by atoms with van der Waals surface area (Å²) in [6.07, 6.45) is 0. The highest BCUT2D eigenvalue weighted by Crippen LogP contribution is 2.37. The Kier molecular flexibility index (Phi) is 2.56. The average Bonchev–Trinajstić information content (AvgIpc) is 2.82. The Balaban J connectivity index is 2.17. The normalized spacial score (nSPS) is 11.9. The lowest BCUT2D eigenvalue weighted by Gasteiger charge is -1.99. The first kappa shape index (κ1) is 11.4. The predicted octanol–water partition coefficient (Wildman–Crippen LogP) is 6.79. The highest BCUT2D eigenvalue weighted by atomic mass is 79.9. The number of fused-ring (bicyclic) bond motifs is 3. The van der Waals surface area contributed by atoms with E-state index in [9.17, 15) is 0 Å². The SMILES string of the molecule is Brc1cc2cc3cc4sc(Br)cc4cc3cc2s1. The van der Waals surface area contributed by atoms with Crippen LogP contribution in [0.1, 0.15) is 0 Å². The summed E-state index contributed by atoms with van der Waals surface area (Å²) >= 11 is 10.7. The highest BCUT2D eigenvalue weighted by Gasteiger charge is 2.05. The molecule has 0 bridgehead atoms. The van der Waals surface area contributed by atoms with Crippen LogP contribution in [0.3, 0.4) is 0 Å². The Bertz CT molecular complexity index is 760. The summed E-state index contributed by atoms with van der Waals surface area (Å²) in [5.74, 6) is 0. The lowest BCUT2D eigenvalue weighted by atomic mass is 10.1. The molecule has 2 aromatic heterocycles. The van der Waals surface area contributed by atoms with Crippen molar-refractivity contribution in [3.8, 4) is 0 Å². The number of hydrogen-bond acceptors (Lipinski definition) is 2. The van der Waals surface area contributed by atoms with Crippen molar-refractivity contribution < 1.29 is 0 Å². The molecule has 0 radical (unpaired) electrons. The zero-order valence-corrected chi connectivity index (χ0v) is 13.8. The van der Waals surface area contributed by atoms with Crippen LogP contribution in [0.25, 0.3) is 30.9 Å². The Morgan fingerprint density at radius 3 is 1.44 bits per heavy atom. The van der Waals surface area contributed by atoms with Gasteiger partial charge in [0.05, 0.1) is 7.57 Å². The fourth-order valence-corrected chi connectivity index (χ4v) is 5.43. The Hall–Kier alpha value is -0.420. The fraction of sp³-hybridized carbons (Fsp3) is 0. The van der Waals surface area contributed by atoms with Crippen LogP contribution < -0.4 is 0 Å². The van der Waals surface area contributed by atoms with Crippen molar-refractivity contribution in [3.05, 3.63) is 44.0 Å². The van der Waals surface area contributed by atoms with Gasteiger partial charge in [0.1, 0.15) is 0 Å². The molecular formula is C14H6Br2S2. The van der Waals surface area contributed by atoms with E-state index < -0.39 is 0 Å². The minimum absolute atomic E-state index is 1.19. The molecule has 0 unspecified atom stereocenters. The summed E-state index contributed by atoms with van der Waals surface area (Å²) < 4.78 is 5.06. The summed E-state index contributed by atoms with van der Waals surface area (Å²) in [5, 5.41) is 5.26. The topological polar surface area (TPSA) is 0 Å². The van der Waals surface area contributed by atoms with Crippen LogP contribution in [0, 0.1) is 0 Å². The molecule has 0 saturated carbocycles. The van der Waals surface area contributed by atoms with E-state index in [2.05, 4.69) is 68.3 Å². The molecule has 0 aliphatic heterocycles. The smallest absolute Gasteiger partial charge is 0.0711 e. The number of thiophene rings is 2. The first-order chi connectivity index (χ1) is 8.69. The zero-order chi connectivity index (χ0) is 12.3. The standard InChI is InChI=1S/C14H6Br2S2/c15-13-5-9-1-7-3-12-10(6-14(16)18-12)2-8(7)4-11(9)17-13/h1-6H. The van der Waals surface area contributed by atoms with Gasteiger partial charge < -0.3 is 0 Å². The Labute approximate surface area is 128 Å². The van der Waals surface area contributed by atoms with E-state index in [1.54, 1.807) is 22.7 Å². The first-order valence-electron chi connectivity index (χ1n) is 5.41. The lowest BCUT2D eigenvalue weighted by Crippen LogP contribution is -1.72. The molecular weight excluding hydrogens is 392 g/mol. The van der Waals surface area contributed by atoms with Crippen molar-refractivity contribution in [1.82, 2.24) is 0 Å². The molecule has 88 valence electrons. The summed E-state index contributed by atoms with van der Waals surface area (Å²) in [6.45, 7) is 0. The van der Waals surface area contributed by atoms with Crippen LogP contribution >= 0.6 is 54.5 Å². The molecule has 0 aliphatic carbocycles. The zero-order valence-electron chi connectivity index (χ0n) is 9.04. The van der Waals surface area contributed by atoms with Gasteiger partial charge in [0.2, 0.25) is 0 Å². The molecule has 4 aromatic rings. The predicted molar refractivity (Wildman–Crippen MR) is 90.1 cm³/mol. The van der Waals surface area contributed by atoms with Gasteiger partial charge in [0.15, 0.2) is 0 Å². The molecule has 0 spiro atoms. The fourth-order valence-electron chi connectivity index (χ4n) is 2.26. The quantitative estimate of drug-likeness (QED) is 0.306. The van der Waals surface area contributed by atoms with Crippen molar-refractivity contribution in [2.45, 2.75) is 0 Å². The van der Waals surface area contributed by atoms with Gasteiger partial charge in [-0.05, 0) is 89.8 Å². The third-order valence-electron chi connectivity index (χ3n) is 3.05. The molecule has 0 amide bonds. The van der Waals surface area contributed by atoms with Crippen LogP contribution in [0.2, 0.25) is 0 Å². The number of rotatable bonds is 0. The summed E-state index contributed by atoms with van der Waals surface area (Å²) in [7, 11) is 0. The van der Waals surface area contributed by atoms with Gasteiger partial charge >= 0.3 is 0 Å². The van der Waals surface area contributed by atoms with E-state index in [0.717, 1.165) is 0 Å². The van der Waals surface area contributed by atoms with E-state index >= 15 is 0 Å². The van der Waals surface area contributed by atoms with Crippen LogP contribution in [0.4, 0.5) is 0 Å². The van der Waals surface area contributed by atoms with Gasteiger partial charge in [-0.1, -0.05) is 0 Å². The number of benzene rings is 2. The average molecular weight is 398 g/mol. The van der Waals surface area contributed by atoms with Gasteiger partial charge in [-0.25, -0.2) is 0 Å². The molecule has 18 heavy (non-hydrogen) atoms. The summed E-state index contributed by atoms with van der Waals surface area (Å²) in [5.41, 5.74) is 0. The third kappa shape index (κ3) is 1.74. The summed E-state index contributed by atoms with van der Waals surface area (Å²) in [4.78, 5) is 0. The molecule has 2 aromatic carbocycles. The second kappa shape index (κ2) is 4.04. The molecule has 0 N–H and O–H groups in total. The van der Waals surface area contributed by atoms with Crippen molar-refractivity contribution in [1.29, 1.82) is 0 Å². The van der Waals surface area contributed by atoms with Crippen molar-refractivity contribution in [2.24, 2.45) is 0 Å². The van der Waals surface area contributed by atoms with Crippen LogP contribution in [-0.4, -0.2) is 0 Å². The second-order valence-electron chi connectivity index (χ2n) is 4.23. The van der Waals surface area contributed by atoms with Gasteiger partial charge in [-0.2, -0.15) is 0 Å². The molecule has 0 aliphatic rings. The van der Waals surface area contributed by atoms with Crippen molar-refractivity contribution >= 4 is 85.5 Å². The molecule has 0 nitrogen and oxygen atoms in total. The molecule has 0 saturated heterocycles. The summed E-state index contributed by atoms with van der Waals surface area (Å²) in [6, 6.07) is 13.5.